The molecule has 12 heavy (non-hydrogen) atoms. The Bertz CT molecular complexity index is 276. The number of nitrogens with zero attached hydrogens (tertiary/aromatic N) is 1. The Morgan fingerprint density at radius 1 is 1.33 bits per heavy atom. The molecule has 2 nitrogen and oxygen atoms in total. The summed E-state index contributed by atoms with van der Waals surface area (Å²) in [5, 5.41) is 2.02. The van der Waals surface area contributed by atoms with Gasteiger partial charge in [0.15, 0.2) is 0 Å². The molecule has 0 unspecified atom stereocenters. The summed E-state index contributed by atoms with van der Waals surface area (Å²) in [5.74, 6) is 0. The molecule has 0 aromatic carbocycles. The molecular formula is C9H10N2S. The van der Waals surface area contributed by atoms with Gasteiger partial charge in [-0.05, 0) is 42.6 Å². The summed E-state index contributed by atoms with van der Waals surface area (Å²) in [6.07, 6.45) is 4.04. The van der Waals surface area contributed by atoms with Crippen LogP contribution in [0, 0.1) is 0 Å². The lowest BCUT2D eigenvalue weighted by atomic mass is 10.2. The van der Waals surface area contributed by atoms with E-state index >= 15 is 0 Å². The minimum absolute atomic E-state index is 1.03. The Balaban J connectivity index is 1.91. The highest BCUT2D eigenvalue weighted by Gasteiger charge is 1.96. The predicted molar refractivity (Wildman–Crippen MR) is 50.3 cm³/mol. The third-order valence-corrected chi connectivity index (χ3v) is 2.40. The van der Waals surface area contributed by atoms with Crippen LogP contribution >= 0.6 is 11.5 Å². The average molecular weight is 178 g/mol. The van der Waals surface area contributed by atoms with E-state index in [9.17, 15) is 0 Å². The third-order valence-electron chi connectivity index (χ3n) is 1.80. The molecule has 2 aromatic heterocycles. The van der Waals surface area contributed by atoms with E-state index in [0.29, 0.717) is 0 Å². The second kappa shape index (κ2) is 3.54. The fourth-order valence-electron chi connectivity index (χ4n) is 1.15. The minimum atomic E-state index is 1.03. The molecule has 0 aliphatic heterocycles. The van der Waals surface area contributed by atoms with Crippen LogP contribution in [0.2, 0.25) is 0 Å². The van der Waals surface area contributed by atoms with Crippen LogP contribution in [-0.4, -0.2) is 9.36 Å². The van der Waals surface area contributed by atoms with Gasteiger partial charge in [-0.3, -0.25) is 0 Å². The smallest absolute Gasteiger partial charge is 0.0546 e. The summed E-state index contributed by atoms with van der Waals surface area (Å²) in [6, 6.07) is 6.20. The molecule has 0 bridgehead atoms. The van der Waals surface area contributed by atoms with Crippen LogP contribution in [0.1, 0.15) is 11.4 Å². The van der Waals surface area contributed by atoms with Crippen LogP contribution < -0.4 is 0 Å². The Labute approximate surface area is 75.4 Å². The van der Waals surface area contributed by atoms with Gasteiger partial charge >= 0.3 is 0 Å². The maximum Gasteiger partial charge on any atom is 0.0546 e. The second-order valence-electron chi connectivity index (χ2n) is 2.69. The minimum Gasteiger partial charge on any atom is -0.365 e. The standard InChI is InChI=1S/C9H10N2S/c1-2-8(10-6-1)3-4-9-5-7-12-11-9/h1-2,5-7,10H,3-4H2. The molecule has 2 aromatic rings. The zero-order chi connectivity index (χ0) is 8.23. The van der Waals surface area contributed by atoms with Gasteiger partial charge in [0.05, 0.1) is 5.69 Å². The van der Waals surface area contributed by atoms with Crippen molar-refractivity contribution in [1.29, 1.82) is 0 Å². The van der Waals surface area contributed by atoms with Crippen molar-refractivity contribution in [2.45, 2.75) is 12.8 Å². The van der Waals surface area contributed by atoms with Crippen LogP contribution in [0.4, 0.5) is 0 Å². The first-order chi connectivity index (χ1) is 5.95. The van der Waals surface area contributed by atoms with Crippen LogP contribution in [0.25, 0.3) is 0 Å². The quantitative estimate of drug-likeness (QED) is 0.767. The van der Waals surface area contributed by atoms with E-state index in [1.165, 1.54) is 22.9 Å². The molecule has 0 saturated carbocycles. The zero-order valence-electron chi connectivity index (χ0n) is 6.66. The largest absolute Gasteiger partial charge is 0.365 e. The van der Waals surface area contributed by atoms with Gasteiger partial charge in [0, 0.05) is 17.3 Å². The number of nitrogens with one attached hydrogen (secondary N) is 1. The van der Waals surface area contributed by atoms with E-state index in [4.69, 9.17) is 0 Å². The number of aromatic amines is 1. The lowest BCUT2D eigenvalue weighted by Gasteiger charge is -1.93. The van der Waals surface area contributed by atoms with E-state index in [1.807, 2.05) is 17.6 Å². The van der Waals surface area contributed by atoms with Gasteiger partial charge in [-0.25, -0.2) is 0 Å². The first-order valence-corrected chi connectivity index (χ1v) is 4.80. The summed E-state index contributed by atoms with van der Waals surface area (Å²) in [4.78, 5) is 3.18. The summed E-state index contributed by atoms with van der Waals surface area (Å²) in [5.41, 5.74) is 2.47. The monoisotopic (exact) mass is 178 g/mol. The van der Waals surface area contributed by atoms with Crippen LogP contribution in [0.5, 0.6) is 0 Å². The number of hydrogen-bond donors (Lipinski definition) is 1. The SMILES string of the molecule is c1c[nH]c(CCc2ccsn2)c1. The van der Waals surface area contributed by atoms with Crippen LogP contribution in [-0.2, 0) is 12.8 Å². The number of rotatable bonds is 3. The highest BCUT2D eigenvalue weighted by atomic mass is 32.1. The van der Waals surface area contributed by atoms with Crippen molar-refractivity contribution in [2.24, 2.45) is 0 Å². The number of H-pyrrole nitrogens is 1. The molecule has 0 saturated heterocycles. The Hall–Kier alpha value is -1.09. The average Bonchev–Trinajstić information content (AvgIpc) is 2.74. The van der Waals surface area contributed by atoms with E-state index in [1.54, 1.807) is 0 Å². The lowest BCUT2D eigenvalue weighted by Crippen LogP contribution is -1.90. The van der Waals surface area contributed by atoms with Crippen LogP contribution in [0.3, 0.4) is 0 Å². The first-order valence-electron chi connectivity index (χ1n) is 3.97. The molecule has 0 fully saturated rings. The molecule has 2 heterocycles. The third kappa shape index (κ3) is 1.74. The maximum absolute atomic E-state index is 4.24. The molecule has 62 valence electrons. The van der Waals surface area contributed by atoms with Crippen molar-refractivity contribution < 1.29 is 0 Å². The topological polar surface area (TPSA) is 28.7 Å². The molecule has 0 spiro atoms. The molecule has 0 radical (unpaired) electrons. The van der Waals surface area contributed by atoms with E-state index < -0.39 is 0 Å². The van der Waals surface area contributed by atoms with Gasteiger partial charge in [0.2, 0.25) is 0 Å². The van der Waals surface area contributed by atoms with E-state index in [-0.39, 0.29) is 0 Å². The molecule has 0 aliphatic rings. The van der Waals surface area contributed by atoms with Gasteiger partial charge in [0.1, 0.15) is 0 Å². The molecule has 0 aliphatic carbocycles. The normalized spacial score (nSPS) is 10.3. The van der Waals surface area contributed by atoms with Gasteiger partial charge in [0.25, 0.3) is 0 Å². The summed E-state index contributed by atoms with van der Waals surface area (Å²) >= 11 is 1.52. The van der Waals surface area contributed by atoms with Gasteiger partial charge in [-0.1, -0.05) is 0 Å². The van der Waals surface area contributed by atoms with Crippen molar-refractivity contribution in [3.63, 3.8) is 0 Å². The van der Waals surface area contributed by atoms with Crippen molar-refractivity contribution in [2.75, 3.05) is 0 Å². The second-order valence-corrected chi connectivity index (χ2v) is 3.35. The number of aryl methyl sites for hydroxylation is 2. The van der Waals surface area contributed by atoms with Gasteiger partial charge in [-0.2, -0.15) is 4.37 Å². The summed E-state index contributed by atoms with van der Waals surface area (Å²) < 4.78 is 4.24. The Kier molecular flexibility index (Phi) is 2.23. The van der Waals surface area contributed by atoms with Crippen molar-refractivity contribution in [1.82, 2.24) is 9.36 Å². The molecule has 0 amide bonds. The molecule has 2 rings (SSSR count). The molecular weight excluding hydrogens is 168 g/mol. The Morgan fingerprint density at radius 3 is 3.00 bits per heavy atom. The van der Waals surface area contributed by atoms with Crippen LogP contribution in [0.15, 0.2) is 29.8 Å². The van der Waals surface area contributed by atoms with Gasteiger partial charge in [-0.15, -0.1) is 0 Å². The van der Waals surface area contributed by atoms with Crippen molar-refractivity contribution in [3.8, 4) is 0 Å². The van der Waals surface area contributed by atoms with E-state index in [2.05, 4.69) is 21.5 Å². The zero-order valence-corrected chi connectivity index (χ0v) is 7.47. The fourth-order valence-corrected chi connectivity index (χ4v) is 1.72. The number of aromatic nitrogens is 2. The molecule has 3 heteroatoms. The summed E-state index contributed by atoms with van der Waals surface area (Å²) in [7, 11) is 0. The van der Waals surface area contributed by atoms with Gasteiger partial charge < -0.3 is 4.98 Å². The number of hydrogen-bond acceptors (Lipinski definition) is 2. The van der Waals surface area contributed by atoms with E-state index in [0.717, 1.165) is 12.8 Å². The summed E-state index contributed by atoms with van der Waals surface area (Å²) in [6.45, 7) is 0. The Morgan fingerprint density at radius 2 is 2.33 bits per heavy atom. The highest BCUT2D eigenvalue weighted by Crippen LogP contribution is 2.05. The van der Waals surface area contributed by atoms with Crippen molar-refractivity contribution >= 4 is 11.5 Å². The molecule has 0 atom stereocenters. The maximum atomic E-state index is 4.24. The first kappa shape index (κ1) is 7.55. The lowest BCUT2D eigenvalue weighted by molar-refractivity contribution is 0.905. The fraction of sp³-hybridized carbons (Fsp3) is 0.222. The van der Waals surface area contributed by atoms with Crippen molar-refractivity contribution in [3.05, 3.63) is 41.2 Å². The highest BCUT2D eigenvalue weighted by molar-refractivity contribution is 7.03. The predicted octanol–water partition coefficient (Wildman–Crippen LogP) is 2.26. The molecule has 1 N–H and O–H groups in total.